The summed E-state index contributed by atoms with van der Waals surface area (Å²) in [5.74, 6) is -1.92. The second-order valence-corrected chi connectivity index (χ2v) is 5.78. The van der Waals surface area contributed by atoms with E-state index in [0.717, 1.165) is 16.6 Å². The molecule has 0 amide bonds. The zero-order chi connectivity index (χ0) is 17.4. The third-order valence-corrected chi connectivity index (χ3v) is 4.54. The summed E-state index contributed by atoms with van der Waals surface area (Å²) in [6.07, 6.45) is -1.03. The van der Waals surface area contributed by atoms with Gasteiger partial charge in [0.25, 0.3) is 0 Å². The molecule has 1 aromatic heterocycles. The minimum atomic E-state index is -1.03. The van der Waals surface area contributed by atoms with Crippen molar-refractivity contribution in [3.63, 3.8) is 0 Å². The molecule has 1 aromatic carbocycles. The van der Waals surface area contributed by atoms with Crippen LogP contribution >= 0.6 is 0 Å². The molecule has 1 fully saturated rings. The Labute approximate surface area is 139 Å². The summed E-state index contributed by atoms with van der Waals surface area (Å²) in [7, 11) is 6.18. The fourth-order valence-corrected chi connectivity index (χ4v) is 3.36. The Morgan fingerprint density at radius 3 is 2.38 bits per heavy atom. The van der Waals surface area contributed by atoms with E-state index >= 15 is 0 Å². The Balaban J connectivity index is 2.10. The normalized spacial score (nSPS) is 24.2. The highest BCUT2D eigenvalue weighted by Gasteiger charge is 2.52. The number of para-hydroxylation sites is 1. The second-order valence-electron chi connectivity index (χ2n) is 5.78. The molecular weight excluding hydrogens is 312 g/mol. The Morgan fingerprint density at radius 1 is 1.08 bits per heavy atom. The molecule has 0 bridgehead atoms. The van der Waals surface area contributed by atoms with Gasteiger partial charge in [-0.2, -0.15) is 5.06 Å². The summed E-state index contributed by atoms with van der Waals surface area (Å²) in [5.41, 5.74) is 1.89. The molecule has 0 N–H and O–H groups in total. The Bertz CT molecular complexity index is 784. The first-order chi connectivity index (χ1) is 11.5. The molecule has 0 saturated carbocycles. The SMILES string of the molecule is COC(=O)[C@H]1[C@@H](c2cc3ccccc3n2C)N(C)O[C@H]1C(=O)OC. The van der Waals surface area contributed by atoms with Crippen LogP contribution in [-0.2, 0) is 30.9 Å². The average Bonchev–Trinajstić information content (AvgIpc) is 3.11. The monoisotopic (exact) mass is 332 g/mol. The number of fused-ring (bicyclic) bond motifs is 1. The smallest absolute Gasteiger partial charge is 0.338 e. The zero-order valence-electron chi connectivity index (χ0n) is 14.1. The number of carbonyl (C=O) groups is 2. The topological polar surface area (TPSA) is 70.0 Å². The van der Waals surface area contributed by atoms with E-state index in [-0.39, 0.29) is 0 Å². The van der Waals surface area contributed by atoms with E-state index in [1.165, 1.54) is 19.3 Å². The van der Waals surface area contributed by atoms with Crippen LogP contribution in [0.3, 0.4) is 0 Å². The zero-order valence-corrected chi connectivity index (χ0v) is 14.1. The molecule has 3 atom stereocenters. The van der Waals surface area contributed by atoms with Crippen LogP contribution in [0.15, 0.2) is 30.3 Å². The summed E-state index contributed by atoms with van der Waals surface area (Å²) in [6, 6.07) is 9.44. The lowest BCUT2D eigenvalue weighted by atomic mass is 9.92. The predicted octanol–water partition coefficient (Wildman–Crippen LogP) is 1.43. The van der Waals surface area contributed by atoms with Crippen LogP contribution in [0.1, 0.15) is 11.7 Å². The van der Waals surface area contributed by atoms with E-state index in [1.54, 1.807) is 7.05 Å². The molecule has 1 aliphatic heterocycles. The third kappa shape index (κ3) is 2.46. The van der Waals surface area contributed by atoms with Gasteiger partial charge in [-0.05, 0) is 17.5 Å². The van der Waals surface area contributed by atoms with Crippen molar-refractivity contribution in [3.8, 4) is 0 Å². The first-order valence-electron chi connectivity index (χ1n) is 7.59. The van der Waals surface area contributed by atoms with Gasteiger partial charge in [0, 0.05) is 25.3 Å². The van der Waals surface area contributed by atoms with Crippen molar-refractivity contribution < 1.29 is 23.9 Å². The van der Waals surface area contributed by atoms with Crippen LogP contribution in [0.4, 0.5) is 0 Å². The van der Waals surface area contributed by atoms with Gasteiger partial charge < -0.3 is 14.0 Å². The molecule has 128 valence electrons. The molecule has 1 aliphatic rings. The highest BCUT2D eigenvalue weighted by atomic mass is 16.7. The van der Waals surface area contributed by atoms with Gasteiger partial charge in [-0.1, -0.05) is 18.2 Å². The second kappa shape index (κ2) is 6.26. The predicted molar refractivity (Wildman–Crippen MR) is 85.8 cm³/mol. The average molecular weight is 332 g/mol. The van der Waals surface area contributed by atoms with Gasteiger partial charge in [-0.15, -0.1) is 0 Å². The first kappa shape index (κ1) is 16.5. The Kier molecular flexibility index (Phi) is 4.29. The minimum absolute atomic E-state index is 0.459. The highest BCUT2D eigenvalue weighted by Crippen LogP contribution is 2.41. The number of aryl methyl sites for hydroxylation is 1. The van der Waals surface area contributed by atoms with Crippen LogP contribution in [0.5, 0.6) is 0 Å². The number of aromatic nitrogens is 1. The van der Waals surface area contributed by atoms with Gasteiger partial charge in [0.1, 0.15) is 5.92 Å². The van der Waals surface area contributed by atoms with E-state index in [4.69, 9.17) is 14.3 Å². The molecule has 1 saturated heterocycles. The number of hydrogen-bond acceptors (Lipinski definition) is 6. The Morgan fingerprint density at radius 2 is 1.75 bits per heavy atom. The first-order valence-corrected chi connectivity index (χ1v) is 7.59. The molecule has 0 radical (unpaired) electrons. The molecular formula is C17H20N2O5. The molecule has 24 heavy (non-hydrogen) atoms. The number of carbonyl (C=O) groups excluding carboxylic acids is 2. The van der Waals surface area contributed by atoms with Crippen molar-refractivity contribution in [1.82, 2.24) is 9.63 Å². The number of hydrogen-bond donors (Lipinski definition) is 0. The van der Waals surface area contributed by atoms with Gasteiger partial charge in [0.15, 0.2) is 6.10 Å². The number of hydroxylamine groups is 2. The van der Waals surface area contributed by atoms with E-state index in [1.807, 2.05) is 41.9 Å². The molecule has 0 aliphatic carbocycles. The quantitative estimate of drug-likeness (QED) is 0.792. The number of nitrogens with zero attached hydrogens (tertiary/aromatic N) is 2. The van der Waals surface area contributed by atoms with Gasteiger partial charge in [0.2, 0.25) is 0 Å². The van der Waals surface area contributed by atoms with Crippen molar-refractivity contribution in [3.05, 3.63) is 36.0 Å². The number of esters is 2. The summed E-state index contributed by atoms with van der Waals surface area (Å²) in [5, 5.41) is 2.57. The van der Waals surface area contributed by atoms with Crippen molar-refractivity contribution in [2.75, 3.05) is 21.3 Å². The molecule has 7 nitrogen and oxygen atoms in total. The molecule has 0 spiro atoms. The number of benzene rings is 1. The fourth-order valence-electron chi connectivity index (χ4n) is 3.36. The van der Waals surface area contributed by atoms with E-state index in [0.29, 0.717) is 0 Å². The highest BCUT2D eigenvalue weighted by molar-refractivity contribution is 5.86. The van der Waals surface area contributed by atoms with Crippen LogP contribution < -0.4 is 0 Å². The largest absolute Gasteiger partial charge is 0.469 e. The van der Waals surface area contributed by atoms with Crippen LogP contribution in [0.25, 0.3) is 10.9 Å². The minimum Gasteiger partial charge on any atom is -0.469 e. The van der Waals surface area contributed by atoms with Crippen LogP contribution in [0.2, 0.25) is 0 Å². The summed E-state index contributed by atoms with van der Waals surface area (Å²) < 4.78 is 11.7. The lowest BCUT2D eigenvalue weighted by molar-refractivity contribution is -0.182. The van der Waals surface area contributed by atoms with E-state index in [2.05, 4.69) is 0 Å². The van der Waals surface area contributed by atoms with Gasteiger partial charge in [-0.25, -0.2) is 4.79 Å². The molecule has 0 unspecified atom stereocenters. The van der Waals surface area contributed by atoms with Crippen LogP contribution in [0, 0.1) is 5.92 Å². The number of rotatable bonds is 3. The number of methoxy groups -OCH3 is 2. The lowest BCUT2D eigenvalue weighted by Crippen LogP contribution is -2.36. The molecule has 2 heterocycles. The molecule has 3 rings (SSSR count). The van der Waals surface area contributed by atoms with Crippen LogP contribution in [-0.4, -0.2) is 48.9 Å². The van der Waals surface area contributed by atoms with Gasteiger partial charge in [0.05, 0.1) is 20.3 Å². The maximum Gasteiger partial charge on any atom is 0.338 e. The maximum atomic E-state index is 12.4. The molecule has 7 heteroatoms. The number of ether oxygens (including phenoxy) is 2. The van der Waals surface area contributed by atoms with Gasteiger partial charge in [-0.3, -0.25) is 9.63 Å². The fraction of sp³-hybridized carbons (Fsp3) is 0.412. The molecule has 2 aromatic rings. The van der Waals surface area contributed by atoms with Crippen molar-refractivity contribution in [1.29, 1.82) is 0 Å². The van der Waals surface area contributed by atoms with Crippen molar-refractivity contribution >= 4 is 22.8 Å². The third-order valence-electron chi connectivity index (χ3n) is 4.54. The summed E-state index contributed by atoms with van der Waals surface area (Å²) >= 11 is 0. The Hall–Kier alpha value is -2.38. The lowest BCUT2D eigenvalue weighted by Gasteiger charge is -2.22. The standard InChI is InChI=1S/C17H20N2O5/c1-18-11-8-6-5-7-10(11)9-12(18)14-13(16(20)22-3)15(17(21)23-4)24-19(14)2/h5-9,13-15H,1-4H3/t13-,14+,15+/m0/s1. The van der Waals surface area contributed by atoms with Crippen molar-refractivity contribution in [2.24, 2.45) is 13.0 Å². The van der Waals surface area contributed by atoms with E-state index < -0.39 is 30.0 Å². The van der Waals surface area contributed by atoms with E-state index in [9.17, 15) is 9.59 Å². The summed E-state index contributed by atoms with van der Waals surface area (Å²) in [4.78, 5) is 30.0. The maximum absolute atomic E-state index is 12.4. The van der Waals surface area contributed by atoms with Gasteiger partial charge >= 0.3 is 11.9 Å². The summed E-state index contributed by atoms with van der Waals surface area (Å²) in [6.45, 7) is 0. The van der Waals surface area contributed by atoms with Crippen molar-refractivity contribution in [2.45, 2.75) is 12.1 Å².